The summed E-state index contributed by atoms with van der Waals surface area (Å²) in [5.74, 6) is 0. The van der Waals surface area contributed by atoms with Crippen LogP contribution in [0.5, 0.6) is 0 Å². The van der Waals surface area contributed by atoms with Crippen LogP contribution in [0.15, 0.2) is 235 Å². The fourth-order valence-electron chi connectivity index (χ4n) is 9.44. The molecule has 0 N–H and O–H groups in total. The molecule has 0 fully saturated rings. The molecule has 2 aromatic heterocycles. The Kier molecular flexibility index (Phi) is 8.17. The first-order chi connectivity index (χ1) is 30.3. The van der Waals surface area contributed by atoms with E-state index in [0.29, 0.717) is 0 Å². The largest absolute Gasteiger partial charge is 0.455 e. The SMILES string of the molecule is c1ccc(-c2ccc(N(c3cccc(-c4ccccc4)c3)c3ccc(-c4cccc5c4c4ccccc4n5-c4ccccc4)c4oc5ccc6ccccc6c5c34)cc2)cc1. The highest BCUT2D eigenvalue weighted by Crippen LogP contribution is 2.50. The van der Waals surface area contributed by atoms with Crippen molar-refractivity contribution in [3.05, 3.63) is 231 Å². The van der Waals surface area contributed by atoms with Gasteiger partial charge in [0.25, 0.3) is 0 Å². The van der Waals surface area contributed by atoms with Crippen molar-refractivity contribution in [2.24, 2.45) is 0 Å². The van der Waals surface area contributed by atoms with Crippen LogP contribution in [0.4, 0.5) is 17.1 Å². The summed E-state index contributed by atoms with van der Waals surface area (Å²) in [6.45, 7) is 0. The van der Waals surface area contributed by atoms with E-state index in [9.17, 15) is 0 Å². The van der Waals surface area contributed by atoms with Crippen molar-refractivity contribution in [1.82, 2.24) is 4.57 Å². The lowest BCUT2D eigenvalue weighted by Crippen LogP contribution is -2.10. The molecule has 0 aliphatic rings. The van der Waals surface area contributed by atoms with E-state index in [1.165, 1.54) is 38.4 Å². The van der Waals surface area contributed by atoms with Crippen LogP contribution >= 0.6 is 0 Å². The van der Waals surface area contributed by atoms with Crippen LogP contribution in [-0.4, -0.2) is 4.57 Å². The van der Waals surface area contributed by atoms with Gasteiger partial charge >= 0.3 is 0 Å². The van der Waals surface area contributed by atoms with Gasteiger partial charge in [-0.1, -0.05) is 164 Å². The molecule has 12 aromatic rings. The molecule has 3 heteroatoms. The van der Waals surface area contributed by atoms with Gasteiger partial charge in [-0.15, -0.1) is 0 Å². The summed E-state index contributed by atoms with van der Waals surface area (Å²) in [4.78, 5) is 2.41. The van der Waals surface area contributed by atoms with Crippen molar-refractivity contribution < 1.29 is 4.42 Å². The molecule has 10 aromatic carbocycles. The molecule has 12 rings (SSSR count). The lowest BCUT2D eigenvalue weighted by atomic mass is 9.95. The Morgan fingerprint density at radius 2 is 0.984 bits per heavy atom. The van der Waals surface area contributed by atoms with Gasteiger partial charge < -0.3 is 13.9 Å². The lowest BCUT2D eigenvalue weighted by molar-refractivity contribution is 0.670. The van der Waals surface area contributed by atoms with Crippen LogP contribution in [0.3, 0.4) is 0 Å². The van der Waals surface area contributed by atoms with E-state index in [1.807, 2.05) is 0 Å². The molecule has 0 aliphatic heterocycles. The van der Waals surface area contributed by atoms with Crippen LogP contribution in [0.2, 0.25) is 0 Å². The van der Waals surface area contributed by atoms with Crippen molar-refractivity contribution in [2.75, 3.05) is 4.90 Å². The van der Waals surface area contributed by atoms with Crippen molar-refractivity contribution in [3.8, 4) is 39.1 Å². The van der Waals surface area contributed by atoms with E-state index >= 15 is 0 Å². The van der Waals surface area contributed by atoms with E-state index in [0.717, 1.165) is 72.3 Å². The number of rotatable bonds is 7. The quantitative estimate of drug-likeness (QED) is 0.161. The number of hydrogen-bond donors (Lipinski definition) is 0. The molecule has 0 saturated carbocycles. The zero-order valence-corrected chi connectivity index (χ0v) is 33.2. The molecule has 0 amide bonds. The predicted octanol–water partition coefficient (Wildman–Crippen LogP) is 16.3. The standard InChI is InChI=1S/C58H38N2O/c1-4-16-39(17-5-1)41-30-33-45(34-31-41)59(46-24-14-21-43(38-46)40-18-6-2-7-19-40)53-36-35-49(58-57(53)56-47-25-11-10-20-42(47)32-37-54(56)61-58)48-27-15-29-52-55(48)50-26-12-13-28-51(50)60(52)44-22-8-3-9-23-44/h1-38H. The number of furan rings is 1. The first-order valence-electron chi connectivity index (χ1n) is 20.8. The zero-order chi connectivity index (χ0) is 40.3. The van der Waals surface area contributed by atoms with Gasteiger partial charge in [-0.2, -0.15) is 0 Å². The van der Waals surface area contributed by atoms with Crippen LogP contribution in [0.1, 0.15) is 0 Å². The Balaban J connectivity index is 1.16. The first kappa shape index (κ1) is 34.9. The van der Waals surface area contributed by atoms with Crippen LogP contribution in [0, 0.1) is 0 Å². The molecule has 0 unspecified atom stereocenters. The van der Waals surface area contributed by atoms with Crippen molar-refractivity contribution in [2.45, 2.75) is 0 Å². The molecule has 0 spiro atoms. The fourth-order valence-corrected chi connectivity index (χ4v) is 9.44. The van der Waals surface area contributed by atoms with Crippen molar-refractivity contribution >= 4 is 71.6 Å². The minimum Gasteiger partial charge on any atom is -0.455 e. The maximum Gasteiger partial charge on any atom is 0.145 e. The zero-order valence-electron chi connectivity index (χ0n) is 33.2. The summed E-state index contributed by atoms with van der Waals surface area (Å²) in [5, 5.41) is 6.92. The summed E-state index contributed by atoms with van der Waals surface area (Å²) in [6, 6.07) is 82.7. The van der Waals surface area contributed by atoms with E-state index in [-0.39, 0.29) is 0 Å². The van der Waals surface area contributed by atoms with E-state index in [1.54, 1.807) is 0 Å². The average molecular weight is 779 g/mol. The monoisotopic (exact) mass is 778 g/mol. The highest BCUT2D eigenvalue weighted by Gasteiger charge is 2.25. The molecule has 3 nitrogen and oxygen atoms in total. The highest BCUT2D eigenvalue weighted by atomic mass is 16.3. The third-order valence-electron chi connectivity index (χ3n) is 12.2. The highest BCUT2D eigenvalue weighted by molar-refractivity contribution is 6.27. The fraction of sp³-hybridized carbons (Fsp3) is 0. The number of hydrogen-bond acceptors (Lipinski definition) is 2. The summed E-state index contributed by atoms with van der Waals surface area (Å²) >= 11 is 0. The molecular weight excluding hydrogens is 741 g/mol. The number of aromatic nitrogens is 1. The Bertz CT molecular complexity index is 3570. The topological polar surface area (TPSA) is 21.3 Å². The Hall–Kier alpha value is -8.14. The Labute approximate surface area is 353 Å². The van der Waals surface area contributed by atoms with Gasteiger partial charge in [0.05, 0.1) is 22.1 Å². The molecule has 0 bridgehead atoms. The molecule has 2 heterocycles. The lowest BCUT2D eigenvalue weighted by Gasteiger charge is -2.27. The van der Waals surface area contributed by atoms with Gasteiger partial charge in [0.15, 0.2) is 0 Å². The summed E-state index contributed by atoms with van der Waals surface area (Å²) < 4.78 is 9.58. The molecule has 286 valence electrons. The minimum absolute atomic E-state index is 0.859. The van der Waals surface area contributed by atoms with Gasteiger partial charge in [0.1, 0.15) is 11.2 Å². The minimum atomic E-state index is 0.859. The maximum atomic E-state index is 7.20. The second-order valence-corrected chi connectivity index (χ2v) is 15.7. The average Bonchev–Trinajstić information content (AvgIpc) is 3.90. The maximum absolute atomic E-state index is 7.20. The number of fused-ring (bicyclic) bond motifs is 8. The Morgan fingerprint density at radius 1 is 0.361 bits per heavy atom. The molecule has 0 saturated heterocycles. The summed E-state index contributed by atoms with van der Waals surface area (Å²) in [7, 11) is 0. The molecule has 0 atom stereocenters. The van der Waals surface area contributed by atoms with Crippen molar-refractivity contribution in [3.63, 3.8) is 0 Å². The van der Waals surface area contributed by atoms with Crippen LogP contribution in [0.25, 0.3) is 93.6 Å². The predicted molar refractivity (Wildman–Crippen MR) is 257 cm³/mol. The van der Waals surface area contributed by atoms with Gasteiger partial charge in [-0.05, 0) is 105 Å². The third-order valence-corrected chi connectivity index (χ3v) is 12.2. The number of para-hydroxylation sites is 2. The van der Waals surface area contributed by atoms with Crippen molar-refractivity contribution in [1.29, 1.82) is 0 Å². The molecule has 0 aliphatic carbocycles. The van der Waals surface area contributed by atoms with Crippen LogP contribution < -0.4 is 4.90 Å². The normalized spacial score (nSPS) is 11.6. The third kappa shape index (κ3) is 5.74. The Morgan fingerprint density at radius 3 is 1.77 bits per heavy atom. The number of nitrogens with zero attached hydrogens (tertiary/aromatic N) is 2. The van der Waals surface area contributed by atoms with Crippen LogP contribution in [-0.2, 0) is 0 Å². The van der Waals surface area contributed by atoms with E-state index in [2.05, 4.69) is 240 Å². The van der Waals surface area contributed by atoms with Gasteiger partial charge in [0.2, 0.25) is 0 Å². The molecule has 61 heavy (non-hydrogen) atoms. The first-order valence-corrected chi connectivity index (χ1v) is 20.8. The summed E-state index contributed by atoms with van der Waals surface area (Å²) in [5.41, 5.74) is 15.2. The second-order valence-electron chi connectivity index (χ2n) is 15.7. The number of anilines is 3. The number of benzene rings is 10. The molecule has 0 radical (unpaired) electrons. The van der Waals surface area contributed by atoms with Gasteiger partial charge in [0, 0.05) is 38.8 Å². The molecular formula is C58H38N2O. The van der Waals surface area contributed by atoms with Gasteiger partial charge in [-0.25, -0.2) is 0 Å². The summed E-state index contributed by atoms with van der Waals surface area (Å²) in [6.07, 6.45) is 0. The smallest absolute Gasteiger partial charge is 0.145 e. The second kappa shape index (κ2) is 14.3. The van der Waals surface area contributed by atoms with E-state index in [4.69, 9.17) is 4.42 Å². The van der Waals surface area contributed by atoms with E-state index < -0.39 is 0 Å². The van der Waals surface area contributed by atoms with Gasteiger partial charge in [-0.3, -0.25) is 0 Å².